The molecule has 1 aliphatic heterocycles. The Balaban J connectivity index is 0.000000321. The van der Waals surface area contributed by atoms with Gasteiger partial charge < -0.3 is 10.2 Å². The Labute approximate surface area is 94.5 Å². The van der Waals surface area contributed by atoms with Gasteiger partial charge in [0.2, 0.25) is 0 Å². The van der Waals surface area contributed by atoms with E-state index in [4.69, 9.17) is 10.2 Å². The van der Waals surface area contributed by atoms with Crippen LogP contribution in [0.4, 0.5) is 5.69 Å². The molecular weight excluding hydrogens is 206 g/mol. The van der Waals surface area contributed by atoms with Crippen molar-refractivity contribution in [2.24, 2.45) is 15.4 Å². The van der Waals surface area contributed by atoms with Gasteiger partial charge in [-0.05, 0) is 30.4 Å². The zero-order valence-corrected chi connectivity index (χ0v) is 9.59. The summed E-state index contributed by atoms with van der Waals surface area (Å²) in [5.41, 5.74) is 0.813. The molecule has 0 saturated carbocycles. The third-order valence-electron chi connectivity index (χ3n) is 1.40. The smallest absolute Gasteiger partial charge is 0.122 e. The Morgan fingerprint density at radius 2 is 1.75 bits per heavy atom. The molecular formula is C11H17N3O2. The Morgan fingerprint density at radius 1 is 1.19 bits per heavy atom. The van der Waals surface area contributed by atoms with Gasteiger partial charge in [0.05, 0.1) is 0 Å². The van der Waals surface area contributed by atoms with Crippen molar-refractivity contribution in [3.05, 3.63) is 28.8 Å². The molecule has 2 N–H and O–H groups in total. The maximum absolute atomic E-state index is 7.57. The van der Waals surface area contributed by atoms with Gasteiger partial charge in [-0.2, -0.15) is 0 Å². The fourth-order valence-corrected chi connectivity index (χ4v) is 0.889. The molecule has 88 valence electrons. The topological polar surface area (TPSA) is 77.5 Å². The quantitative estimate of drug-likeness (QED) is 0.680. The Hall–Kier alpha value is -1.59. The maximum Gasteiger partial charge on any atom is 0.122 e. The number of fused-ring (bicyclic) bond motifs is 1. The van der Waals surface area contributed by atoms with E-state index in [1.54, 1.807) is 13.8 Å². The molecule has 16 heavy (non-hydrogen) atoms. The number of aliphatic hydroxyl groups is 2. The predicted molar refractivity (Wildman–Crippen MR) is 62.8 cm³/mol. The van der Waals surface area contributed by atoms with Crippen LogP contribution in [0.2, 0.25) is 0 Å². The van der Waals surface area contributed by atoms with Gasteiger partial charge in [-0.15, -0.1) is 10.2 Å². The normalized spacial score (nSPS) is 10.2. The number of rotatable bonds is 0. The van der Waals surface area contributed by atoms with Crippen LogP contribution in [0.15, 0.2) is 33.6 Å². The summed E-state index contributed by atoms with van der Waals surface area (Å²) in [7, 11) is 0. The highest BCUT2D eigenvalue weighted by Crippen LogP contribution is 2.06. The van der Waals surface area contributed by atoms with Crippen LogP contribution in [-0.2, 0) is 0 Å². The second kappa shape index (κ2) is 8.70. The summed E-state index contributed by atoms with van der Waals surface area (Å²) >= 11 is 0. The fraction of sp³-hybridized carbons (Fsp3) is 0.364. The monoisotopic (exact) mass is 223 g/mol. The van der Waals surface area contributed by atoms with E-state index in [-0.39, 0.29) is 13.2 Å². The number of aliphatic hydroxyl groups excluding tert-OH is 2. The lowest BCUT2D eigenvalue weighted by atomic mass is 10.3. The lowest BCUT2D eigenvalue weighted by Gasteiger charge is -1.83. The Morgan fingerprint density at radius 3 is 2.25 bits per heavy atom. The molecule has 5 nitrogen and oxygen atoms in total. The third-order valence-corrected chi connectivity index (χ3v) is 1.40. The summed E-state index contributed by atoms with van der Waals surface area (Å²) in [6, 6.07) is 5.64. The second-order valence-corrected chi connectivity index (χ2v) is 2.71. The van der Waals surface area contributed by atoms with Crippen molar-refractivity contribution in [3.63, 3.8) is 0 Å². The van der Waals surface area contributed by atoms with E-state index in [0.29, 0.717) is 0 Å². The fourth-order valence-electron chi connectivity index (χ4n) is 0.889. The minimum atomic E-state index is 0.250. The van der Waals surface area contributed by atoms with Crippen molar-refractivity contribution < 1.29 is 10.2 Å². The van der Waals surface area contributed by atoms with Gasteiger partial charge in [0.15, 0.2) is 0 Å². The van der Waals surface area contributed by atoms with E-state index in [0.717, 1.165) is 16.3 Å². The molecule has 0 bridgehead atoms. The summed E-state index contributed by atoms with van der Waals surface area (Å²) in [4.78, 5) is 0. The minimum absolute atomic E-state index is 0.250. The highest BCUT2D eigenvalue weighted by Gasteiger charge is 1.98. The highest BCUT2D eigenvalue weighted by atomic mass is 16.3. The average Bonchev–Trinajstić information content (AvgIpc) is 2.69. The molecule has 0 spiro atoms. The third kappa shape index (κ3) is 4.77. The van der Waals surface area contributed by atoms with Crippen molar-refractivity contribution in [1.82, 2.24) is 0 Å². The summed E-state index contributed by atoms with van der Waals surface area (Å²) in [5, 5.41) is 27.9. The van der Waals surface area contributed by atoms with Gasteiger partial charge in [-0.25, -0.2) is 0 Å². The van der Waals surface area contributed by atoms with E-state index in [9.17, 15) is 0 Å². The number of benzene rings is 1. The molecule has 0 saturated heterocycles. The first-order valence-electron chi connectivity index (χ1n) is 4.99. The van der Waals surface area contributed by atoms with Crippen molar-refractivity contribution in [2.75, 3.05) is 13.2 Å². The Kier molecular flexibility index (Phi) is 7.83. The molecule has 0 unspecified atom stereocenters. The van der Waals surface area contributed by atoms with E-state index in [1.807, 2.05) is 18.2 Å². The molecule has 1 aromatic rings. The standard InChI is InChI=1S/C7H5N3.2C2H6O/c1-5-3-2-4-6-7(5)9-10-8-6;2*1-2-3/h2-4H,1H2;2*3H,2H2,1H3. The molecule has 0 atom stereocenters. The molecule has 1 heterocycles. The van der Waals surface area contributed by atoms with E-state index in [2.05, 4.69) is 22.0 Å². The molecule has 0 fully saturated rings. The van der Waals surface area contributed by atoms with Crippen LogP contribution >= 0.6 is 0 Å². The van der Waals surface area contributed by atoms with Crippen molar-refractivity contribution in [2.45, 2.75) is 13.8 Å². The van der Waals surface area contributed by atoms with Gasteiger partial charge in [0.25, 0.3) is 0 Å². The van der Waals surface area contributed by atoms with Crippen LogP contribution < -0.4 is 10.6 Å². The zero-order chi connectivity index (χ0) is 12.4. The first-order chi connectivity index (χ1) is 7.71. The van der Waals surface area contributed by atoms with Crippen LogP contribution in [0, 0.1) is 0 Å². The van der Waals surface area contributed by atoms with Crippen LogP contribution in [0.5, 0.6) is 0 Å². The second-order valence-electron chi connectivity index (χ2n) is 2.71. The number of hydrogen-bond acceptors (Lipinski definition) is 5. The van der Waals surface area contributed by atoms with Crippen LogP contribution in [-0.4, -0.2) is 23.4 Å². The largest absolute Gasteiger partial charge is 0.397 e. The van der Waals surface area contributed by atoms with Crippen LogP contribution in [0.3, 0.4) is 0 Å². The zero-order valence-electron chi connectivity index (χ0n) is 9.59. The van der Waals surface area contributed by atoms with Crippen LogP contribution in [0.25, 0.3) is 6.58 Å². The molecule has 0 amide bonds. The van der Waals surface area contributed by atoms with Crippen molar-refractivity contribution in [1.29, 1.82) is 0 Å². The molecule has 5 heteroatoms. The predicted octanol–water partition coefficient (Wildman–Crippen LogP) is 0.726. The molecule has 2 rings (SSSR count). The lowest BCUT2D eigenvalue weighted by molar-refractivity contribution is 0.318. The lowest BCUT2D eigenvalue weighted by Crippen LogP contribution is -2.20. The van der Waals surface area contributed by atoms with Crippen LogP contribution in [0.1, 0.15) is 13.8 Å². The van der Waals surface area contributed by atoms with Crippen molar-refractivity contribution in [3.8, 4) is 0 Å². The van der Waals surface area contributed by atoms with Gasteiger partial charge in [0, 0.05) is 13.2 Å². The summed E-state index contributed by atoms with van der Waals surface area (Å²) < 4.78 is 0. The van der Waals surface area contributed by atoms with Gasteiger partial charge in [0.1, 0.15) is 11.0 Å². The Bertz CT molecular complexity index is 427. The number of hydrogen-bond donors (Lipinski definition) is 2. The molecule has 0 radical (unpaired) electrons. The minimum Gasteiger partial charge on any atom is -0.397 e. The summed E-state index contributed by atoms with van der Waals surface area (Å²) in [6.07, 6.45) is 0. The van der Waals surface area contributed by atoms with E-state index >= 15 is 0 Å². The molecule has 0 aromatic heterocycles. The first kappa shape index (κ1) is 14.4. The summed E-state index contributed by atoms with van der Waals surface area (Å²) in [5.74, 6) is 0. The first-order valence-corrected chi connectivity index (χ1v) is 4.99. The summed E-state index contributed by atoms with van der Waals surface area (Å²) in [6.45, 7) is 7.64. The molecule has 1 aromatic carbocycles. The number of nitrogens with zero attached hydrogens (tertiary/aromatic N) is 3. The highest BCUT2D eigenvalue weighted by molar-refractivity contribution is 5.37. The van der Waals surface area contributed by atoms with Gasteiger partial charge in [-0.3, -0.25) is 0 Å². The molecule has 0 aliphatic carbocycles. The van der Waals surface area contributed by atoms with Gasteiger partial charge >= 0.3 is 0 Å². The van der Waals surface area contributed by atoms with E-state index in [1.165, 1.54) is 0 Å². The molecule has 1 aliphatic rings. The van der Waals surface area contributed by atoms with Crippen molar-refractivity contribution >= 4 is 12.3 Å². The van der Waals surface area contributed by atoms with E-state index < -0.39 is 0 Å². The maximum atomic E-state index is 7.57. The SMILES string of the molecule is C=c1cccc2c1=NN=N2.CCO.CCO. The average molecular weight is 223 g/mol. The van der Waals surface area contributed by atoms with Gasteiger partial charge in [-0.1, -0.05) is 18.7 Å².